The van der Waals surface area contributed by atoms with E-state index in [1.807, 2.05) is 6.07 Å². The summed E-state index contributed by atoms with van der Waals surface area (Å²) in [4.78, 5) is 27.1. The molecule has 0 radical (unpaired) electrons. The van der Waals surface area contributed by atoms with Gasteiger partial charge < -0.3 is 10.2 Å². The molecule has 1 aliphatic heterocycles. The summed E-state index contributed by atoms with van der Waals surface area (Å²) >= 11 is 7.15. The number of fused-ring (bicyclic) bond motifs is 1. The van der Waals surface area contributed by atoms with Crippen LogP contribution in [-0.4, -0.2) is 29.8 Å². The van der Waals surface area contributed by atoms with E-state index in [0.717, 1.165) is 4.90 Å². The molecule has 0 aliphatic carbocycles. The molecule has 6 heteroatoms. The maximum absolute atomic E-state index is 12.2. The van der Waals surface area contributed by atoms with Gasteiger partial charge in [-0.15, -0.1) is 13.2 Å². The van der Waals surface area contributed by atoms with Gasteiger partial charge in [0.05, 0.1) is 10.6 Å². The molecule has 1 N–H and O–H groups in total. The second-order valence-corrected chi connectivity index (χ2v) is 6.05. The van der Waals surface area contributed by atoms with Gasteiger partial charge in [0, 0.05) is 29.1 Å². The Kier molecular flexibility index (Phi) is 5.46. The smallest absolute Gasteiger partial charge is 0.262 e. The molecule has 4 nitrogen and oxygen atoms in total. The molecule has 0 saturated carbocycles. The van der Waals surface area contributed by atoms with E-state index >= 15 is 0 Å². The molecule has 2 rings (SSSR count). The third-order valence-corrected chi connectivity index (χ3v) is 4.23. The Bertz CT molecular complexity index is 660. The van der Waals surface area contributed by atoms with E-state index in [1.165, 1.54) is 22.7 Å². The molecule has 2 amide bonds. The number of halogens is 1. The maximum Gasteiger partial charge on any atom is 0.262 e. The Hall–Kier alpha value is -1.98. The summed E-state index contributed by atoms with van der Waals surface area (Å²) in [5.74, 6) is -0.569. The molecule has 0 bridgehead atoms. The fraction of sp³-hybridized carbons (Fsp3) is 0.125. The lowest BCUT2D eigenvalue weighted by Gasteiger charge is -2.21. The quantitative estimate of drug-likeness (QED) is 0.662. The third-order valence-electron chi connectivity index (χ3n) is 2.90. The summed E-state index contributed by atoms with van der Waals surface area (Å²) < 4.78 is 0. The highest BCUT2D eigenvalue weighted by Gasteiger charge is 2.23. The Morgan fingerprint density at radius 3 is 2.64 bits per heavy atom. The monoisotopic (exact) mass is 334 g/mol. The van der Waals surface area contributed by atoms with Crippen molar-refractivity contribution in [2.45, 2.75) is 4.90 Å². The van der Waals surface area contributed by atoms with Gasteiger partial charge in [0.15, 0.2) is 0 Å². The lowest BCUT2D eigenvalue weighted by Crippen LogP contribution is -2.30. The SMILES string of the molecule is C=CCN(CC=C)C(=O)/C=C1/Sc2ccc(Cl)cc2NC1=O. The molecule has 114 valence electrons. The highest BCUT2D eigenvalue weighted by molar-refractivity contribution is 8.04. The molecule has 1 aromatic carbocycles. The first-order valence-electron chi connectivity index (χ1n) is 6.56. The van der Waals surface area contributed by atoms with Crippen LogP contribution in [0.25, 0.3) is 0 Å². The first-order valence-corrected chi connectivity index (χ1v) is 7.75. The number of thioether (sulfide) groups is 1. The predicted molar refractivity (Wildman–Crippen MR) is 91.0 cm³/mol. The van der Waals surface area contributed by atoms with Crippen LogP contribution < -0.4 is 5.32 Å². The van der Waals surface area contributed by atoms with E-state index < -0.39 is 0 Å². The summed E-state index contributed by atoms with van der Waals surface area (Å²) in [6.07, 6.45) is 4.60. The number of amides is 2. The number of anilines is 1. The fourth-order valence-corrected chi connectivity index (χ4v) is 2.97. The highest BCUT2D eigenvalue weighted by atomic mass is 35.5. The first-order chi connectivity index (χ1) is 10.5. The average Bonchev–Trinajstić information content (AvgIpc) is 2.48. The van der Waals surface area contributed by atoms with E-state index in [0.29, 0.717) is 28.7 Å². The Morgan fingerprint density at radius 2 is 2.00 bits per heavy atom. The zero-order chi connectivity index (χ0) is 16.1. The Morgan fingerprint density at radius 1 is 1.32 bits per heavy atom. The van der Waals surface area contributed by atoms with Crippen LogP contribution in [0, 0.1) is 0 Å². The fourth-order valence-electron chi connectivity index (χ4n) is 1.90. The van der Waals surface area contributed by atoms with Crippen molar-refractivity contribution in [1.82, 2.24) is 4.90 Å². The third kappa shape index (κ3) is 3.81. The highest BCUT2D eigenvalue weighted by Crippen LogP contribution is 2.39. The number of nitrogens with zero attached hydrogens (tertiary/aromatic N) is 1. The Balaban J connectivity index is 2.23. The predicted octanol–water partition coefficient (Wildman–Crippen LogP) is 3.47. The van der Waals surface area contributed by atoms with Crippen LogP contribution in [0.4, 0.5) is 5.69 Å². The van der Waals surface area contributed by atoms with Crippen LogP contribution in [0.15, 0.2) is 59.4 Å². The van der Waals surface area contributed by atoms with Gasteiger partial charge in [0.2, 0.25) is 5.91 Å². The zero-order valence-electron chi connectivity index (χ0n) is 11.8. The minimum atomic E-state index is -0.315. The normalized spacial score (nSPS) is 15.0. The maximum atomic E-state index is 12.2. The van der Waals surface area contributed by atoms with Crippen LogP contribution >= 0.6 is 23.4 Å². The minimum Gasteiger partial charge on any atom is -0.332 e. The van der Waals surface area contributed by atoms with Gasteiger partial charge in [0.1, 0.15) is 0 Å². The van der Waals surface area contributed by atoms with Crippen LogP contribution in [-0.2, 0) is 9.59 Å². The van der Waals surface area contributed by atoms with Gasteiger partial charge in [-0.1, -0.05) is 35.5 Å². The van der Waals surface area contributed by atoms with Crippen molar-refractivity contribution in [3.8, 4) is 0 Å². The van der Waals surface area contributed by atoms with Crippen molar-refractivity contribution in [2.24, 2.45) is 0 Å². The van der Waals surface area contributed by atoms with Crippen molar-refractivity contribution in [3.63, 3.8) is 0 Å². The molecule has 1 heterocycles. The van der Waals surface area contributed by atoms with Crippen LogP contribution in [0.1, 0.15) is 0 Å². The van der Waals surface area contributed by atoms with Gasteiger partial charge in [-0.2, -0.15) is 0 Å². The van der Waals surface area contributed by atoms with Crippen LogP contribution in [0.3, 0.4) is 0 Å². The number of hydrogen-bond donors (Lipinski definition) is 1. The lowest BCUT2D eigenvalue weighted by molar-refractivity contribution is -0.125. The van der Waals surface area contributed by atoms with E-state index in [9.17, 15) is 9.59 Å². The van der Waals surface area contributed by atoms with E-state index in [4.69, 9.17) is 11.6 Å². The van der Waals surface area contributed by atoms with Crippen LogP contribution in [0.5, 0.6) is 0 Å². The van der Waals surface area contributed by atoms with E-state index in [2.05, 4.69) is 18.5 Å². The summed E-state index contributed by atoms with van der Waals surface area (Å²) in [7, 11) is 0. The van der Waals surface area contributed by atoms with Crippen molar-refractivity contribution in [1.29, 1.82) is 0 Å². The van der Waals surface area contributed by atoms with Gasteiger partial charge in [-0.3, -0.25) is 9.59 Å². The Labute approximate surface area is 138 Å². The second-order valence-electron chi connectivity index (χ2n) is 4.53. The molecule has 0 saturated heterocycles. The van der Waals surface area contributed by atoms with Gasteiger partial charge in [-0.05, 0) is 18.2 Å². The first kappa shape index (κ1) is 16.4. The van der Waals surface area contributed by atoms with E-state index in [-0.39, 0.29) is 11.8 Å². The van der Waals surface area contributed by atoms with Crippen molar-refractivity contribution in [3.05, 3.63) is 59.5 Å². The number of benzene rings is 1. The van der Waals surface area contributed by atoms with Crippen molar-refractivity contribution >= 4 is 40.9 Å². The summed E-state index contributed by atoms with van der Waals surface area (Å²) in [5, 5.41) is 3.28. The molecule has 22 heavy (non-hydrogen) atoms. The van der Waals surface area contributed by atoms with Crippen molar-refractivity contribution in [2.75, 3.05) is 18.4 Å². The molecule has 0 aromatic heterocycles. The number of hydrogen-bond acceptors (Lipinski definition) is 3. The number of rotatable bonds is 5. The van der Waals surface area contributed by atoms with Gasteiger partial charge in [-0.25, -0.2) is 0 Å². The molecule has 0 spiro atoms. The zero-order valence-corrected chi connectivity index (χ0v) is 13.4. The summed E-state index contributed by atoms with van der Waals surface area (Å²) in [5.41, 5.74) is 0.654. The number of carbonyl (C=O) groups excluding carboxylic acids is 2. The van der Waals surface area contributed by atoms with Crippen molar-refractivity contribution < 1.29 is 9.59 Å². The largest absolute Gasteiger partial charge is 0.332 e. The average molecular weight is 335 g/mol. The number of carbonyl (C=O) groups is 2. The van der Waals surface area contributed by atoms with E-state index in [1.54, 1.807) is 24.3 Å². The van der Waals surface area contributed by atoms with Gasteiger partial charge >= 0.3 is 0 Å². The molecule has 1 aliphatic rings. The second kappa shape index (κ2) is 7.33. The lowest BCUT2D eigenvalue weighted by atomic mass is 10.3. The molecule has 0 unspecified atom stereocenters. The summed E-state index contributed by atoms with van der Waals surface area (Å²) in [6.45, 7) is 8.03. The summed E-state index contributed by atoms with van der Waals surface area (Å²) in [6, 6.07) is 5.24. The van der Waals surface area contributed by atoms with Gasteiger partial charge in [0.25, 0.3) is 5.91 Å². The van der Waals surface area contributed by atoms with Crippen LogP contribution in [0.2, 0.25) is 5.02 Å². The number of nitrogens with one attached hydrogen (secondary N) is 1. The molecule has 0 atom stereocenters. The molecule has 1 aromatic rings. The molecular formula is C16H15ClN2O2S. The topological polar surface area (TPSA) is 49.4 Å². The molecular weight excluding hydrogens is 320 g/mol. The standard InChI is InChI=1S/C16H15ClN2O2S/c1-3-7-19(8-4-2)15(20)10-14-16(21)18-12-9-11(17)5-6-13(12)22-14/h3-6,9-10H,1-2,7-8H2,(H,18,21)/b14-10+. The molecule has 0 fully saturated rings. The minimum absolute atomic E-state index is 0.255.